The second-order valence-corrected chi connectivity index (χ2v) is 7.30. The van der Waals surface area contributed by atoms with E-state index in [-0.39, 0.29) is 5.92 Å². The number of aromatic amines is 1. The third-order valence-corrected chi connectivity index (χ3v) is 5.12. The van der Waals surface area contributed by atoms with Crippen LogP contribution in [0.2, 0.25) is 0 Å². The highest BCUT2D eigenvalue weighted by Gasteiger charge is 2.34. The summed E-state index contributed by atoms with van der Waals surface area (Å²) in [5.41, 5.74) is 3.61. The van der Waals surface area contributed by atoms with Crippen LogP contribution in [0.3, 0.4) is 0 Å². The number of H-pyrrole nitrogens is 1. The fourth-order valence-corrected chi connectivity index (χ4v) is 3.70. The average Bonchev–Trinajstić information content (AvgIpc) is 3.12. The molecule has 22 heavy (non-hydrogen) atoms. The van der Waals surface area contributed by atoms with E-state index in [2.05, 4.69) is 47.7 Å². The van der Waals surface area contributed by atoms with E-state index < -0.39 is 0 Å². The second-order valence-electron chi connectivity index (χ2n) is 7.30. The fourth-order valence-electron chi connectivity index (χ4n) is 3.70. The minimum atomic E-state index is 0.179. The minimum absolute atomic E-state index is 0.179. The van der Waals surface area contributed by atoms with Gasteiger partial charge in [-0.25, -0.2) is 0 Å². The molecule has 0 spiro atoms. The molecule has 2 aliphatic rings. The van der Waals surface area contributed by atoms with Gasteiger partial charge in [-0.05, 0) is 32.7 Å². The molecule has 0 radical (unpaired) electrons. The summed E-state index contributed by atoms with van der Waals surface area (Å²) in [4.78, 5) is 17.3. The minimum Gasteiger partial charge on any atom is -0.338 e. The molecule has 0 aromatic carbocycles. The van der Waals surface area contributed by atoms with Gasteiger partial charge in [0.05, 0.1) is 11.6 Å². The van der Waals surface area contributed by atoms with Crippen LogP contribution in [0.15, 0.2) is 0 Å². The molecule has 1 aromatic rings. The van der Waals surface area contributed by atoms with E-state index in [9.17, 15) is 4.79 Å². The summed E-state index contributed by atoms with van der Waals surface area (Å²) in [6.45, 7) is 12.3. The van der Waals surface area contributed by atoms with Crippen molar-refractivity contribution in [1.82, 2.24) is 20.0 Å². The molecule has 122 valence electrons. The molecule has 5 heteroatoms. The molecule has 1 amide bonds. The molecule has 1 N–H and O–H groups in total. The van der Waals surface area contributed by atoms with E-state index in [1.165, 1.54) is 11.3 Å². The average molecular weight is 304 g/mol. The smallest absolute Gasteiger partial charge is 0.227 e. The number of hydrogen-bond acceptors (Lipinski definition) is 3. The molecule has 0 saturated carbocycles. The number of nitrogens with one attached hydrogen (secondary N) is 1. The SMILES string of the molecule is CC(C)c1n[nH]c2c1CN(C(=O)C1CCN(C(C)C)C1)CC2. The molecule has 1 unspecified atom stereocenters. The van der Waals surface area contributed by atoms with Crippen molar-refractivity contribution in [2.75, 3.05) is 19.6 Å². The number of hydrogen-bond donors (Lipinski definition) is 1. The van der Waals surface area contributed by atoms with Crippen molar-refractivity contribution in [3.8, 4) is 0 Å². The first kappa shape index (κ1) is 15.5. The largest absolute Gasteiger partial charge is 0.338 e. The number of amides is 1. The molecule has 1 aromatic heterocycles. The van der Waals surface area contributed by atoms with Gasteiger partial charge in [0.15, 0.2) is 0 Å². The Morgan fingerprint density at radius 1 is 1.27 bits per heavy atom. The number of nitrogens with zero attached hydrogens (tertiary/aromatic N) is 3. The molecule has 3 rings (SSSR count). The quantitative estimate of drug-likeness (QED) is 0.931. The van der Waals surface area contributed by atoms with Crippen LogP contribution in [0.25, 0.3) is 0 Å². The Hall–Kier alpha value is -1.36. The van der Waals surface area contributed by atoms with E-state index in [1.807, 2.05) is 0 Å². The summed E-state index contributed by atoms with van der Waals surface area (Å²) in [5, 5.41) is 7.62. The zero-order valence-corrected chi connectivity index (χ0v) is 14.2. The Kier molecular flexibility index (Phi) is 4.26. The molecular formula is C17H28N4O. The predicted octanol–water partition coefficient (Wildman–Crippen LogP) is 2.15. The summed E-state index contributed by atoms with van der Waals surface area (Å²) in [6.07, 6.45) is 1.91. The van der Waals surface area contributed by atoms with Crippen LogP contribution >= 0.6 is 0 Å². The molecule has 2 aliphatic heterocycles. The Labute approximate surface area is 133 Å². The lowest BCUT2D eigenvalue weighted by Gasteiger charge is -2.30. The van der Waals surface area contributed by atoms with Gasteiger partial charge < -0.3 is 9.80 Å². The Bertz CT molecular complexity index is 549. The molecule has 0 aliphatic carbocycles. The van der Waals surface area contributed by atoms with Gasteiger partial charge in [0.1, 0.15) is 0 Å². The van der Waals surface area contributed by atoms with Crippen LogP contribution in [0.1, 0.15) is 57.0 Å². The van der Waals surface area contributed by atoms with Gasteiger partial charge in [0.25, 0.3) is 0 Å². The maximum absolute atomic E-state index is 12.9. The van der Waals surface area contributed by atoms with Crippen molar-refractivity contribution in [3.05, 3.63) is 17.0 Å². The lowest BCUT2D eigenvalue weighted by molar-refractivity contribution is -0.136. The first-order chi connectivity index (χ1) is 10.5. The summed E-state index contributed by atoms with van der Waals surface area (Å²) >= 11 is 0. The normalized spacial score (nSPS) is 22.6. The van der Waals surface area contributed by atoms with Crippen LogP contribution in [-0.2, 0) is 17.8 Å². The van der Waals surface area contributed by atoms with Crippen molar-refractivity contribution in [3.63, 3.8) is 0 Å². The molecule has 1 atom stereocenters. The van der Waals surface area contributed by atoms with E-state index in [4.69, 9.17) is 0 Å². The Balaban J connectivity index is 1.69. The first-order valence-corrected chi connectivity index (χ1v) is 8.56. The van der Waals surface area contributed by atoms with E-state index >= 15 is 0 Å². The molecule has 1 fully saturated rings. The highest BCUT2D eigenvalue weighted by Crippen LogP contribution is 2.28. The van der Waals surface area contributed by atoms with Crippen LogP contribution in [0.5, 0.6) is 0 Å². The van der Waals surface area contributed by atoms with E-state index in [0.717, 1.165) is 44.7 Å². The second kappa shape index (κ2) is 6.03. The monoisotopic (exact) mass is 304 g/mol. The lowest BCUT2D eigenvalue weighted by atomic mass is 9.98. The van der Waals surface area contributed by atoms with Gasteiger partial charge in [-0.2, -0.15) is 5.10 Å². The van der Waals surface area contributed by atoms with E-state index in [1.54, 1.807) is 0 Å². The molecule has 3 heterocycles. The first-order valence-electron chi connectivity index (χ1n) is 8.56. The maximum atomic E-state index is 12.9. The van der Waals surface area contributed by atoms with Crippen molar-refractivity contribution >= 4 is 5.91 Å². The number of carbonyl (C=O) groups excluding carboxylic acids is 1. The molecular weight excluding hydrogens is 276 g/mol. The number of fused-ring (bicyclic) bond motifs is 1. The number of rotatable bonds is 3. The van der Waals surface area contributed by atoms with Crippen LogP contribution in [0.4, 0.5) is 0 Å². The third kappa shape index (κ3) is 2.78. The molecule has 5 nitrogen and oxygen atoms in total. The summed E-state index contributed by atoms with van der Waals surface area (Å²) in [6, 6.07) is 0.534. The van der Waals surface area contributed by atoms with Gasteiger partial charge in [0.2, 0.25) is 5.91 Å². The van der Waals surface area contributed by atoms with Crippen molar-refractivity contribution < 1.29 is 4.79 Å². The summed E-state index contributed by atoms with van der Waals surface area (Å²) in [5.74, 6) is 0.918. The zero-order valence-electron chi connectivity index (χ0n) is 14.2. The Morgan fingerprint density at radius 2 is 2.05 bits per heavy atom. The van der Waals surface area contributed by atoms with Gasteiger partial charge >= 0.3 is 0 Å². The van der Waals surface area contributed by atoms with E-state index in [0.29, 0.717) is 17.9 Å². The maximum Gasteiger partial charge on any atom is 0.227 e. The fraction of sp³-hybridized carbons (Fsp3) is 0.765. The van der Waals surface area contributed by atoms with Gasteiger partial charge in [-0.1, -0.05) is 13.8 Å². The number of aromatic nitrogens is 2. The highest BCUT2D eigenvalue weighted by atomic mass is 16.2. The zero-order chi connectivity index (χ0) is 15.9. The molecule has 0 bridgehead atoms. The van der Waals surface area contributed by atoms with Crippen LogP contribution < -0.4 is 0 Å². The van der Waals surface area contributed by atoms with Gasteiger partial charge in [-0.15, -0.1) is 0 Å². The Morgan fingerprint density at radius 3 is 2.68 bits per heavy atom. The van der Waals surface area contributed by atoms with Gasteiger partial charge in [-0.3, -0.25) is 9.89 Å². The summed E-state index contributed by atoms with van der Waals surface area (Å²) in [7, 11) is 0. The van der Waals surface area contributed by atoms with Crippen molar-refractivity contribution in [1.29, 1.82) is 0 Å². The van der Waals surface area contributed by atoms with Crippen molar-refractivity contribution in [2.24, 2.45) is 5.92 Å². The number of likely N-dealkylation sites (tertiary alicyclic amines) is 1. The lowest BCUT2D eigenvalue weighted by Crippen LogP contribution is -2.41. The van der Waals surface area contributed by atoms with Crippen LogP contribution in [0, 0.1) is 5.92 Å². The predicted molar refractivity (Wildman–Crippen MR) is 86.6 cm³/mol. The third-order valence-electron chi connectivity index (χ3n) is 5.12. The summed E-state index contributed by atoms with van der Waals surface area (Å²) < 4.78 is 0. The standard InChI is InChI=1S/C17H28N4O/c1-11(2)16-14-10-21(8-6-15(14)18-19-16)17(22)13-5-7-20(9-13)12(3)4/h11-13H,5-10H2,1-4H3,(H,18,19). The topological polar surface area (TPSA) is 52.2 Å². The molecule has 1 saturated heterocycles. The number of carbonyl (C=O) groups is 1. The van der Waals surface area contributed by atoms with Crippen LogP contribution in [-0.4, -0.2) is 51.6 Å². The van der Waals surface area contributed by atoms with Crippen molar-refractivity contribution in [2.45, 2.75) is 59.0 Å². The highest BCUT2D eigenvalue weighted by molar-refractivity contribution is 5.79. The van der Waals surface area contributed by atoms with Gasteiger partial charge in [0, 0.05) is 43.4 Å².